The molecule has 3 aromatic rings. The standard InChI is InChI=1S/C23H22FN3O5S/c1-31-21-10-6-7-17(23(21)32-2)15-25-26-22(28)16-27(19-13-11-18(24)12-14-19)33(29,30)20-8-4-3-5-9-20/h3-15H,16H2,1-2H3,(H,26,28)/b25-15-. The molecule has 0 unspecified atom stereocenters. The van der Waals surface area contributed by atoms with Crippen LogP contribution in [0.3, 0.4) is 0 Å². The Morgan fingerprint density at radius 1 is 1.00 bits per heavy atom. The fourth-order valence-corrected chi connectivity index (χ4v) is 4.44. The summed E-state index contributed by atoms with van der Waals surface area (Å²) >= 11 is 0. The summed E-state index contributed by atoms with van der Waals surface area (Å²) in [5, 5.41) is 3.90. The van der Waals surface area contributed by atoms with Crippen molar-refractivity contribution in [1.82, 2.24) is 5.43 Å². The zero-order valence-corrected chi connectivity index (χ0v) is 18.8. The van der Waals surface area contributed by atoms with E-state index in [9.17, 15) is 17.6 Å². The Labute approximate surface area is 191 Å². The van der Waals surface area contributed by atoms with Crippen molar-refractivity contribution in [3.05, 3.63) is 84.2 Å². The molecular formula is C23H22FN3O5S. The topological polar surface area (TPSA) is 97.3 Å². The Bertz CT molecular complexity index is 1230. The molecule has 0 radical (unpaired) electrons. The average Bonchev–Trinajstić information content (AvgIpc) is 2.83. The normalized spacial score (nSPS) is 11.2. The van der Waals surface area contributed by atoms with Gasteiger partial charge in [0.15, 0.2) is 11.5 Å². The van der Waals surface area contributed by atoms with Crippen LogP contribution in [-0.2, 0) is 14.8 Å². The van der Waals surface area contributed by atoms with E-state index in [1.807, 2.05) is 0 Å². The zero-order chi connectivity index (χ0) is 23.8. The Morgan fingerprint density at radius 3 is 2.33 bits per heavy atom. The van der Waals surface area contributed by atoms with Gasteiger partial charge in [-0.25, -0.2) is 18.2 Å². The van der Waals surface area contributed by atoms with E-state index in [0.29, 0.717) is 17.1 Å². The minimum absolute atomic E-state index is 0.00765. The lowest BCUT2D eigenvalue weighted by atomic mass is 10.2. The number of sulfonamides is 1. The lowest BCUT2D eigenvalue weighted by Crippen LogP contribution is -2.39. The lowest BCUT2D eigenvalue weighted by Gasteiger charge is -2.23. The quantitative estimate of drug-likeness (QED) is 0.382. The molecular weight excluding hydrogens is 449 g/mol. The van der Waals surface area contributed by atoms with Crippen LogP contribution in [0.5, 0.6) is 11.5 Å². The SMILES string of the molecule is COc1cccc(/C=N\NC(=O)CN(c2ccc(F)cc2)S(=O)(=O)c2ccccc2)c1OC. The third kappa shape index (κ3) is 5.66. The van der Waals surface area contributed by atoms with Gasteiger partial charge < -0.3 is 9.47 Å². The fourth-order valence-electron chi connectivity index (χ4n) is 3.00. The van der Waals surface area contributed by atoms with Crippen molar-refractivity contribution in [1.29, 1.82) is 0 Å². The Balaban J connectivity index is 1.83. The summed E-state index contributed by atoms with van der Waals surface area (Å²) in [7, 11) is -1.12. The number of rotatable bonds is 9. The van der Waals surface area contributed by atoms with Crippen LogP contribution in [0.2, 0.25) is 0 Å². The number of para-hydroxylation sites is 1. The summed E-state index contributed by atoms with van der Waals surface area (Å²) in [5.74, 6) is -0.309. The van der Waals surface area contributed by atoms with Gasteiger partial charge >= 0.3 is 0 Å². The Kier molecular flexibility index (Phi) is 7.62. The smallest absolute Gasteiger partial charge is 0.264 e. The van der Waals surface area contributed by atoms with Crippen molar-refractivity contribution >= 4 is 27.8 Å². The van der Waals surface area contributed by atoms with Gasteiger partial charge in [-0.05, 0) is 48.5 Å². The van der Waals surface area contributed by atoms with Gasteiger partial charge in [0.2, 0.25) is 0 Å². The summed E-state index contributed by atoms with van der Waals surface area (Å²) < 4.78 is 51.2. The maximum atomic E-state index is 13.4. The molecule has 0 bridgehead atoms. The zero-order valence-electron chi connectivity index (χ0n) is 17.9. The van der Waals surface area contributed by atoms with Gasteiger partial charge in [-0.3, -0.25) is 9.10 Å². The van der Waals surface area contributed by atoms with Crippen LogP contribution in [0.1, 0.15) is 5.56 Å². The predicted octanol–water partition coefficient (Wildman–Crippen LogP) is 3.19. The van der Waals surface area contributed by atoms with Crippen molar-refractivity contribution < 1.29 is 27.1 Å². The predicted molar refractivity (Wildman–Crippen MR) is 123 cm³/mol. The number of methoxy groups -OCH3 is 2. The van der Waals surface area contributed by atoms with Crippen LogP contribution in [0, 0.1) is 5.82 Å². The third-order valence-electron chi connectivity index (χ3n) is 4.56. The summed E-state index contributed by atoms with van der Waals surface area (Å²) in [6, 6.07) is 17.6. The van der Waals surface area contributed by atoms with E-state index in [0.717, 1.165) is 16.4 Å². The molecule has 33 heavy (non-hydrogen) atoms. The molecule has 3 rings (SSSR count). The molecule has 0 atom stereocenters. The number of hydrogen-bond donors (Lipinski definition) is 1. The summed E-state index contributed by atoms with van der Waals surface area (Å²) in [6.45, 7) is -0.574. The number of hydrogen-bond acceptors (Lipinski definition) is 6. The van der Waals surface area contributed by atoms with Crippen LogP contribution in [0.15, 0.2) is 82.8 Å². The molecule has 0 saturated heterocycles. The Hall–Kier alpha value is -3.92. The molecule has 0 aliphatic heterocycles. The number of carbonyl (C=O) groups is 1. The van der Waals surface area contributed by atoms with Gasteiger partial charge in [-0.15, -0.1) is 0 Å². The minimum atomic E-state index is -4.10. The highest BCUT2D eigenvalue weighted by Crippen LogP contribution is 2.29. The van der Waals surface area contributed by atoms with Gasteiger partial charge in [-0.2, -0.15) is 5.10 Å². The molecule has 0 fully saturated rings. The third-order valence-corrected chi connectivity index (χ3v) is 6.35. The molecule has 8 nitrogen and oxygen atoms in total. The van der Waals surface area contributed by atoms with E-state index in [-0.39, 0.29) is 10.6 Å². The van der Waals surface area contributed by atoms with Crippen molar-refractivity contribution in [3.63, 3.8) is 0 Å². The van der Waals surface area contributed by atoms with Crippen LogP contribution < -0.4 is 19.2 Å². The highest BCUT2D eigenvalue weighted by Gasteiger charge is 2.27. The van der Waals surface area contributed by atoms with Crippen LogP contribution in [0.4, 0.5) is 10.1 Å². The second kappa shape index (κ2) is 10.6. The van der Waals surface area contributed by atoms with Gasteiger partial charge in [-0.1, -0.05) is 24.3 Å². The van der Waals surface area contributed by atoms with Gasteiger partial charge in [0, 0.05) is 5.56 Å². The van der Waals surface area contributed by atoms with E-state index in [1.165, 1.54) is 44.7 Å². The van der Waals surface area contributed by atoms with E-state index >= 15 is 0 Å². The number of nitrogens with zero attached hydrogens (tertiary/aromatic N) is 2. The van der Waals surface area contributed by atoms with Crippen molar-refractivity contribution in [2.75, 3.05) is 25.1 Å². The second-order valence-electron chi connectivity index (χ2n) is 6.68. The first-order valence-electron chi connectivity index (χ1n) is 9.73. The number of nitrogens with one attached hydrogen (secondary N) is 1. The number of anilines is 1. The molecule has 172 valence electrons. The highest BCUT2D eigenvalue weighted by molar-refractivity contribution is 7.92. The van der Waals surface area contributed by atoms with E-state index in [4.69, 9.17) is 9.47 Å². The molecule has 0 spiro atoms. The summed E-state index contributed by atoms with van der Waals surface area (Å²) in [4.78, 5) is 12.6. The first-order valence-corrected chi connectivity index (χ1v) is 11.2. The van der Waals surface area contributed by atoms with Gasteiger partial charge in [0.25, 0.3) is 15.9 Å². The van der Waals surface area contributed by atoms with E-state index in [1.54, 1.807) is 36.4 Å². The highest BCUT2D eigenvalue weighted by atomic mass is 32.2. The van der Waals surface area contributed by atoms with Crippen molar-refractivity contribution in [2.24, 2.45) is 5.10 Å². The average molecular weight is 472 g/mol. The van der Waals surface area contributed by atoms with Gasteiger partial charge in [0.1, 0.15) is 12.4 Å². The van der Waals surface area contributed by atoms with Gasteiger partial charge in [0.05, 0.1) is 31.0 Å². The number of amides is 1. The number of ether oxygens (including phenoxy) is 2. The lowest BCUT2D eigenvalue weighted by molar-refractivity contribution is -0.119. The molecule has 3 aromatic carbocycles. The summed E-state index contributed by atoms with van der Waals surface area (Å²) in [5.41, 5.74) is 2.99. The van der Waals surface area contributed by atoms with Crippen molar-refractivity contribution in [3.8, 4) is 11.5 Å². The maximum Gasteiger partial charge on any atom is 0.264 e. The molecule has 0 aliphatic carbocycles. The van der Waals surface area contributed by atoms with Crippen LogP contribution in [-0.4, -0.2) is 41.3 Å². The monoisotopic (exact) mass is 471 g/mol. The maximum absolute atomic E-state index is 13.4. The molecule has 10 heteroatoms. The minimum Gasteiger partial charge on any atom is -0.493 e. The molecule has 0 heterocycles. The van der Waals surface area contributed by atoms with Crippen molar-refractivity contribution in [2.45, 2.75) is 4.90 Å². The first-order chi connectivity index (χ1) is 15.9. The summed E-state index contributed by atoms with van der Waals surface area (Å²) in [6.07, 6.45) is 1.35. The van der Waals surface area contributed by atoms with E-state index in [2.05, 4.69) is 10.5 Å². The number of halogens is 1. The molecule has 1 amide bonds. The molecule has 0 aliphatic rings. The number of benzene rings is 3. The second-order valence-corrected chi connectivity index (χ2v) is 8.54. The molecule has 0 aromatic heterocycles. The Morgan fingerprint density at radius 2 is 1.70 bits per heavy atom. The molecule has 1 N–H and O–H groups in total. The largest absolute Gasteiger partial charge is 0.493 e. The van der Waals surface area contributed by atoms with Crippen LogP contribution >= 0.6 is 0 Å². The first kappa shape index (κ1) is 23.7. The molecule has 0 saturated carbocycles. The van der Waals surface area contributed by atoms with Crippen LogP contribution in [0.25, 0.3) is 0 Å². The number of hydrazone groups is 1. The fraction of sp³-hybridized carbons (Fsp3) is 0.130. The number of carbonyl (C=O) groups excluding carboxylic acids is 1. The van der Waals surface area contributed by atoms with E-state index < -0.39 is 28.3 Å².